The highest BCUT2D eigenvalue weighted by atomic mass is 16.3. The second kappa shape index (κ2) is 3.84. The lowest BCUT2D eigenvalue weighted by molar-refractivity contribution is 0.171. The van der Waals surface area contributed by atoms with Gasteiger partial charge in [0.05, 0.1) is 0 Å². The Labute approximate surface area is 84.5 Å². The largest absolute Gasteiger partial charge is 0.373 e. The Kier molecular flexibility index (Phi) is 2.55. The van der Waals surface area contributed by atoms with Gasteiger partial charge in [-0.1, -0.05) is 29.8 Å². The summed E-state index contributed by atoms with van der Waals surface area (Å²) >= 11 is 0. The van der Waals surface area contributed by atoms with Crippen LogP contribution in [0.2, 0.25) is 0 Å². The van der Waals surface area contributed by atoms with Gasteiger partial charge in [-0.15, -0.1) is 0 Å². The molecule has 0 aromatic heterocycles. The molecule has 1 aromatic rings. The van der Waals surface area contributed by atoms with Crippen molar-refractivity contribution in [1.82, 2.24) is 0 Å². The molecule has 1 aliphatic heterocycles. The first-order valence-corrected chi connectivity index (χ1v) is 4.94. The van der Waals surface area contributed by atoms with E-state index in [1.165, 1.54) is 5.56 Å². The molecule has 1 heterocycles. The first-order valence-electron chi connectivity index (χ1n) is 4.94. The summed E-state index contributed by atoms with van der Waals surface area (Å²) in [7, 11) is 0. The van der Waals surface area contributed by atoms with Crippen LogP contribution < -0.4 is 4.90 Å². The van der Waals surface area contributed by atoms with Crippen LogP contribution in [0.5, 0.6) is 0 Å². The predicted octanol–water partition coefficient (Wildman–Crippen LogP) is 2.08. The van der Waals surface area contributed by atoms with Crippen LogP contribution in [0.1, 0.15) is 12.0 Å². The molecule has 1 aromatic carbocycles. The Bertz CT molecular complexity index is 329. The van der Waals surface area contributed by atoms with Crippen molar-refractivity contribution in [1.29, 1.82) is 0 Å². The summed E-state index contributed by atoms with van der Waals surface area (Å²) in [6.45, 7) is 2.86. The number of aliphatic hydroxyl groups is 1. The molecule has 74 valence electrons. The number of anilines is 1. The summed E-state index contributed by atoms with van der Waals surface area (Å²) in [5.41, 5.74) is 2.34. The molecule has 0 spiro atoms. The molecule has 1 atom stereocenters. The van der Waals surface area contributed by atoms with Crippen molar-refractivity contribution in [3.63, 3.8) is 0 Å². The van der Waals surface area contributed by atoms with Crippen LogP contribution in [-0.4, -0.2) is 17.9 Å². The van der Waals surface area contributed by atoms with E-state index in [-0.39, 0.29) is 6.23 Å². The van der Waals surface area contributed by atoms with E-state index in [1.807, 2.05) is 11.0 Å². The van der Waals surface area contributed by atoms with Crippen LogP contribution in [0.3, 0.4) is 0 Å². The van der Waals surface area contributed by atoms with Crippen molar-refractivity contribution in [2.75, 3.05) is 11.4 Å². The molecule has 0 aliphatic carbocycles. The van der Waals surface area contributed by atoms with Gasteiger partial charge in [0.25, 0.3) is 0 Å². The van der Waals surface area contributed by atoms with E-state index in [0.29, 0.717) is 6.42 Å². The minimum absolute atomic E-state index is 0.372. The molecular weight excluding hydrogens is 174 g/mol. The third kappa shape index (κ3) is 1.80. The van der Waals surface area contributed by atoms with Gasteiger partial charge in [0.15, 0.2) is 0 Å². The Morgan fingerprint density at radius 1 is 1.21 bits per heavy atom. The van der Waals surface area contributed by atoms with Crippen molar-refractivity contribution in [3.8, 4) is 0 Å². The van der Waals surface area contributed by atoms with Gasteiger partial charge >= 0.3 is 0 Å². The van der Waals surface area contributed by atoms with E-state index in [4.69, 9.17) is 0 Å². The average molecular weight is 189 g/mol. The third-order valence-corrected chi connectivity index (χ3v) is 2.54. The van der Waals surface area contributed by atoms with Crippen molar-refractivity contribution in [3.05, 3.63) is 42.0 Å². The number of aryl methyl sites for hydroxylation is 1. The molecule has 0 bridgehead atoms. The van der Waals surface area contributed by atoms with E-state index in [2.05, 4.69) is 37.3 Å². The molecule has 2 nitrogen and oxygen atoms in total. The summed E-state index contributed by atoms with van der Waals surface area (Å²) in [5, 5.41) is 9.77. The number of rotatable bonds is 1. The zero-order valence-electron chi connectivity index (χ0n) is 8.35. The Hall–Kier alpha value is -1.28. The summed E-state index contributed by atoms with van der Waals surface area (Å²) < 4.78 is 0. The molecule has 1 aliphatic rings. The van der Waals surface area contributed by atoms with Crippen LogP contribution in [0.15, 0.2) is 36.4 Å². The first kappa shape index (κ1) is 9.28. The number of aliphatic hydroxyl groups excluding tert-OH is 1. The van der Waals surface area contributed by atoms with Gasteiger partial charge in [0, 0.05) is 18.7 Å². The van der Waals surface area contributed by atoms with Crippen LogP contribution in [0.25, 0.3) is 0 Å². The second-order valence-corrected chi connectivity index (χ2v) is 3.68. The number of hydrogen-bond acceptors (Lipinski definition) is 2. The van der Waals surface area contributed by atoms with Gasteiger partial charge in [0.2, 0.25) is 0 Å². The minimum Gasteiger partial charge on any atom is -0.373 e. The Morgan fingerprint density at radius 3 is 2.57 bits per heavy atom. The summed E-state index contributed by atoms with van der Waals surface area (Å²) in [4.78, 5) is 2.00. The van der Waals surface area contributed by atoms with Crippen molar-refractivity contribution in [2.24, 2.45) is 0 Å². The van der Waals surface area contributed by atoms with Gasteiger partial charge in [-0.25, -0.2) is 0 Å². The lowest BCUT2D eigenvalue weighted by Gasteiger charge is -2.31. The Morgan fingerprint density at radius 2 is 1.93 bits per heavy atom. The molecule has 1 N–H and O–H groups in total. The fraction of sp³-hybridized carbons (Fsp3) is 0.333. The highest BCUT2D eigenvalue weighted by molar-refractivity contribution is 5.49. The SMILES string of the molecule is Cc1ccc(N2CC=CCC2O)cc1. The van der Waals surface area contributed by atoms with E-state index < -0.39 is 0 Å². The zero-order valence-corrected chi connectivity index (χ0v) is 8.35. The molecule has 0 radical (unpaired) electrons. The highest BCUT2D eigenvalue weighted by Crippen LogP contribution is 2.20. The van der Waals surface area contributed by atoms with Gasteiger partial charge in [-0.05, 0) is 19.1 Å². The molecule has 0 fully saturated rings. The molecule has 1 unspecified atom stereocenters. The topological polar surface area (TPSA) is 23.5 Å². The van der Waals surface area contributed by atoms with Crippen molar-refractivity contribution < 1.29 is 5.11 Å². The van der Waals surface area contributed by atoms with E-state index in [9.17, 15) is 5.11 Å². The maximum atomic E-state index is 9.77. The quantitative estimate of drug-likeness (QED) is 0.684. The monoisotopic (exact) mass is 189 g/mol. The fourth-order valence-electron chi connectivity index (χ4n) is 1.67. The number of benzene rings is 1. The lowest BCUT2D eigenvalue weighted by Crippen LogP contribution is -2.37. The van der Waals surface area contributed by atoms with E-state index in [0.717, 1.165) is 12.2 Å². The van der Waals surface area contributed by atoms with Gasteiger partial charge in [0.1, 0.15) is 6.23 Å². The summed E-state index contributed by atoms with van der Waals surface area (Å²) in [6.07, 6.45) is 4.46. The average Bonchev–Trinajstić information content (AvgIpc) is 2.20. The maximum absolute atomic E-state index is 9.77. The van der Waals surface area contributed by atoms with E-state index >= 15 is 0 Å². The van der Waals surface area contributed by atoms with Crippen molar-refractivity contribution >= 4 is 5.69 Å². The molecule has 14 heavy (non-hydrogen) atoms. The Balaban J connectivity index is 2.21. The van der Waals surface area contributed by atoms with Crippen LogP contribution in [0.4, 0.5) is 5.69 Å². The van der Waals surface area contributed by atoms with Crippen LogP contribution in [0, 0.1) is 6.92 Å². The zero-order chi connectivity index (χ0) is 9.97. The third-order valence-electron chi connectivity index (χ3n) is 2.54. The van der Waals surface area contributed by atoms with Gasteiger partial charge < -0.3 is 10.0 Å². The van der Waals surface area contributed by atoms with Crippen LogP contribution >= 0.6 is 0 Å². The predicted molar refractivity (Wildman–Crippen MR) is 58.3 cm³/mol. The highest BCUT2D eigenvalue weighted by Gasteiger charge is 2.16. The summed E-state index contributed by atoms with van der Waals surface area (Å²) in [5.74, 6) is 0. The molecule has 2 rings (SSSR count). The van der Waals surface area contributed by atoms with Gasteiger partial charge in [-0.3, -0.25) is 0 Å². The molecule has 2 heteroatoms. The lowest BCUT2D eigenvalue weighted by atomic mass is 10.1. The number of nitrogens with zero attached hydrogens (tertiary/aromatic N) is 1. The van der Waals surface area contributed by atoms with Gasteiger partial charge in [-0.2, -0.15) is 0 Å². The smallest absolute Gasteiger partial charge is 0.130 e. The maximum Gasteiger partial charge on any atom is 0.130 e. The molecule has 0 saturated heterocycles. The fourth-order valence-corrected chi connectivity index (χ4v) is 1.67. The summed E-state index contributed by atoms with van der Waals surface area (Å²) in [6, 6.07) is 8.25. The standard InChI is InChI=1S/C12H15NO/c1-10-5-7-11(8-6-10)13-9-3-2-4-12(13)14/h2-3,5-8,12,14H,4,9H2,1H3. The van der Waals surface area contributed by atoms with Crippen molar-refractivity contribution in [2.45, 2.75) is 19.6 Å². The molecule has 0 amide bonds. The normalized spacial score (nSPS) is 21.3. The van der Waals surface area contributed by atoms with E-state index in [1.54, 1.807) is 0 Å². The molecular formula is C12H15NO. The van der Waals surface area contributed by atoms with Crippen LogP contribution in [-0.2, 0) is 0 Å². The second-order valence-electron chi connectivity index (χ2n) is 3.68. The number of hydrogen-bond donors (Lipinski definition) is 1. The first-order chi connectivity index (χ1) is 6.77. The molecule has 0 saturated carbocycles. The minimum atomic E-state index is -0.372.